The predicted molar refractivity (Wildman–Crippen MR) is 113 cm³/mol. The van der Waals surface area contributed by atoms with Gasteiger partial charge in [-0.3, -0.25) is 9.36 Å². The number of fused-ring (bicyclic) bond motifs is 1. The molecule has 0 aliphatic rings. The van der Waals surface area contributed by atoms with Gasteiger partial charge in [0.25, 0.3) is 5.91 Å². The maximum absolute atomic E-state index is 12.2. The number of carbonyl (C=O) groups is 1. The molecule has 0 aliphatic carbocycles. The lowest BCUT2D eigenvalue weighted by Crippen LogP contribution is -2.20. The zero-order valence-electron chi connectivity index (χ0n) is 16.3. The Balaban J connectivity index is 1.40. The monoisotopic (exact) mass is 387 g/mol. The fourth-order valence-electron chi connectivity index (χ4n) is 3.10. The van der Waals surface area contributed by atoms with E-state index in [2.05, 4.69) is 10.3 Å². The van der Waals surface area contributed by atoms with Crippen LogP contribution in [0.2, 0.25) is 0 Å². The van der Waals surface area contributed by atoms with Crippen molar-refractivity contribution in [2.24, 2.45) is 0 Å². The first-order valence-electron chi connectivity index (χ1n) is 9.24. The van der Waals surface area contributed by atoms with E-state index in [-0.39, 0.29) is 12.5 Å². The summed E-state index contributed by atoms with van der Waals surface area (Å²) in [7, 11) is 1.58. The van der Waals surface area contributed by atoms with E-state index in [1.807, 2.05) is 72.2 Å². The van der Waals surface area contributed by atoms with Crippen LogP contribution in [0.5, 0.6) is 11.5 Å². The van der Waals surface area contributed by atoms with Gasteiger partial charge >= 0.3 is 0 Å². The second-order valence-corrected chi connectivity index (χ2v) is 6.64. The number of nitrogens with zero attached hydrogens (tertiary/aromatic N) is 2. The van der Waals surface area contributed by atoms with Gasteiger partial charge in [0, 0.05) is 11.4 Å². The van der Waals surface area contributed by atoms with Gasteiger partial charge in [-0.2, -0.15) is 0 Å². The Morgan fingerprint density at radius 1 is 1.03 bits per heavy atom. The standard InChI is InChI=1S/C23H21N3O3/c1-16-7-12-21(22(13-16)28-2)29-14-23(27)25-17-8-10-18(11-9-17)26-15-24-19-5-3-4-6-20(19)26/h3-13,15H,14H2,1-2H3,(H,25,27). The van der Waals surface area contributed by atoms with Gasteiger partial charge in [-0.1, -0.05) is 18.2 Å². The molecule has 29 heavy (non-hydrogen) atoms. The van der Waals surface area contributed by atoms with Gasteiger partial charge < -0.3 is 14.8 Å². The normalized spacial score (nSPS) is 10.7. The Morgan fingerprint density at radius 2 is 1.83 bits per heavy atom. The Hall–Kier alpha value is -3.80. The molecular weight excluding hydrogens is 366 g/mol. The molecule has 0 saturated carbocycles. The third-order valence-corrected chi connectivity index (χ3v) is 4.56. The summed E-state index contributed by atoms with van der Waals surface area (Å²) in [6, 6.07) is 21.1. The van der Waals surface area contributed by atoms with E-state index in [1.165, 1.54) is 0 Å². The number of carbonyl (C=O) groups excluding carboxylic acids is 1. The van der Waals surface area contributed by atoms with E-state index in [4.69, 9.17) is 9.47 Å². The number of hydrogen-bond donors (Lipinski definition) is 1. The van der Waals surface area contributed by atoms with Crippen molar-refractivity contribution in [3.63, 3.8) is 0 Å². The molecular formula is C23H21N3O3. The van der Waals surface area contributed by atoms with Crippen LogP contribution in [0.4, 0.5) is 5.69 Å². The Labute approximate surface area is 168 Å². The molecule has 6 heteroatoms. The van der Waals surface area contributed by atoms with Crippen molar-refractivity contribution in [2.75, 3.05) is 19.0 Å². The van der Waals surface area contributed by atoms with Crippen LogP contribution in [0, 0.1) is 6.92 Å². The highest BCUT2D eigenvalue weighted by atomic mass is 16.5. The number of para-hydroxylation sites is 2. The molecule has 4 aromatic rings. The van der Waals surface area contributed by atoms with E-state index < -0.39 is 0 Å². The Kier molecular flexibility index (Phi) is 5.16. The van der Waals surface area contributed by atoms with Crippen molar-refractivity contribution in [3.05, 3.63) is 78.6 Å². The summed E-state index contributed by atoms with van der Waals surface area (Å²) in [6.45, 7) is 1.86. The maximum atomic E-state index is 12.2. The molecule has 6 nitrogen and oxygen atoms in total. The minimum absolute atomic E-state index is 0.104. The molecule has 1 amide bonds. The fraction of sp³-hybridized carbons (Fsp3) is 0.130. The smallest absolute Gasteiger partial charge is 0.262 e. The number of rotatable bonds is 6. The number of ether oxygens (including phenoxy) is 2. The zero-order valence-corrected chi connectivity index (χ0v) is 16.3. The largest absolute Gasteiger partial charge is 0.493 e. The molecule has 3 aromatic carbocycles. The van der Waals surface area contributed by atoms with Gasteiger partial charge in [0.1, 0.15) is 6.33 Å². The van der Waals surface area contributed by atoms with Crippen LogP contribution in [-0.2, 0) is 4.79 Å². The maximum Gasteiger partial charge on any atom is 0.262 e. The van der Waals surface area contributed by atoms with Gasteiger partial charge in [0.05, 0.1) is 18.1 Å². The molecule has 0 atom stereocenters. The van der Waals surface area contributed by atoms with Crippen LogP contribution in [0.15, 0.2) is 73.1 Å². The highest BCUT2D eigenvalue weighted by Gasteiger charge is 2.09. The van der Waals surface area contributed by atoms with E-state index in [0.717, 1.165) is 22.3 Å². The lowest BCUT2D eigenvalue weighted by Gasteiger charge is -2.12. The van der Waals surface area contributed by atoms with Gasteiger partial charge in [-0.15, -0.1) is 0 Å². The lowest BCUT2D eigenvalue weighted by molar-refractivity contribution is -0.118. The average Bonchev–Trinajstić information content (AvgIpc) is 3.17. The summed E-state index contributed by atoms with van der Waals surface area (Å²) in [5, 5.41) is 2.84. The molecule has 1 heterocycles. The molecule has 0 fully saturated rings. The van der Waals surface area contributed by atoms with Gasteiger partial charge in [0.15, 0.2) is 18.1 Å². The molecule has 0 saturated heterocycles. The third kappa shape index (κ3) is 4.06. The van der Waals surface area contributed by atoms with Crippen molar-refractivity contribution in [3.8, 4) is 17.2 Å². The number of benzene rings is 3. The number of imidazole rings is 1. The quantitative estimate of drug-likeness (QED) is 0.534. The van der Waals surface area contributed by atoms with Crippen molar-refractivity contribution >= 4 is 22.6 Å². The van der Waals surface area contributed by atoms with E-state index in [0.29, 0.717) is 17.2 Å². The summed E-state index contributed by atoms with van der Waals surface area (Å²) in [6.07, 6.45) is 1.79. The molecule has 1 N–H and O–H groups in total. The average molecular weight is 387 g/mol. The molecule has 0 bridgehead atoms. The molecule has 0 aliphatic heterocycles. The number of amides is 1. The summed E-state index contributed by atoms with van der Waals surface area (Å²) < 4.78 is 12.9. The van der Waals surface area contributed by atoms with Gasteiger partial charge in [-0.25, -0.2) is 4.98 Å². The molecule has 4 rings (SSSR count). The topological polar surface area (TPSA) is 65.4 Å². The number of hydrogen-bond acceptors (Lipinski definition) is 4. The predicted octanol–water partition coefficient (Wildman–Crippen LogP) is 4.36. The van der Waals surface area contributed by atoms with E-state index in [1.54, 1.807) is 19.5 Å². The lowest BCUT2D eigenvalue weighted by atomic mass is 10.2. The number of methoxy groups -OCH3 is 1. The summed E-state index contributed by atoms with van der Waals surface area (Å²) in [5.41, 5.74) is 4.70. The highest BCUT2D eigenvalue weighted by molar-refractivity contribution is 5.92. The molecule has 0 radical (unpaired) electrons. The number of aromatic nitrogens is 2. The summed E-state index contributed by atoms with van der Waals surface area (Å²) in [4.78, 5) is 16.7. The zero-order chi connectivity index (χ0) is 20.2. The van der Waals surface area contributed by atoms with Crippen molar-refractivity contribution in [1.29, 1.82) is 0 Å². The number of aryl methyl sites for hydroxylation is 1. The van der Waals surface area contributed by atoms with Crippen LogP contribution in [0.25, 0.3) is 16.7 Å². The fourth-order valence-corrected chi connectivity index (χ4v) is 3.10. The first-order valence-corrected chi connectivity index (χ1v) is 9.24. The first-order chi connectivity index (χ1) is 14.1. The van der Waals surface area contributed by atoms with Crippen molar-refractivity contribution in [1.82, 2.24) is 9.55 Å². The van der Waals surface area contributed by atoms with E-state index in [9.17, 15) is 4.79 Å². The SMILES string of the molecule is COc1cc(C)ccc1OCC(=O)Nc1ccc(-n2cnc3ccccc32)cc1. The number of anilines is 1. The molecule has 146 valence electrons. The summed E-state index contributed by atoms with van der Waals surface area (Å²) in [5.74, 6) is 0.902. The third-order valence-electron chi connectivity index (χ3n) is 4.56. The van der Waals surface area contributed by atoms with E-state index >= 15 is 0 Å². The summed E-state index contributed by atoms with van der Waals surface area (Å²) >= 11 is 0. The van der Waals surface area contributed by atoms with Crippen LogP contribution in [0.3, 0.4) is 0 Å². The molecule has 1 aromatic heterocycles. The number of nitrogens with one attached hydrogen (secondary N) is 1. The molecule has 0 spiro atoms. The highest BCUT2D eigenvalue weighted by Crippen LogP contribution is 2.27. The van der Waals surface area contributed by atoms with Crippen molar-refractivity contribution < 1.29 is 14.3 Å². The van der Waals surface area contributed by atoms with Crippen LogP contribution in [-0.4, -0.2) is 29.2 Å². The minimum Gasteiger partial charge on any atom is -0.493 e. The van der Waals surface area contributed by atoms with Crippen molar-refractivity contribution in [2.45, 2.75) is 6.92 Å². The van der Waals surface area contributed by atoms with Crippen LogP contribution < -0.4 is 14.8 Å². The first kappa shape index (κ1) is 18.6. The Morgan fingerprint density at radius 3 is 2.62 bits per heavy atom. The minimum atomic E-state index is -0.242. The Bertz CT molecular complexity index is 1150. The van der Waals surface area contributed by atoms with Crippen LogP contribution >= 0.6 is 0 Å². The second-order valence-electron chi connectivity index (χ2n) is 6.64. The second kappa shape index (κ2) is 8.06. The van der Waals surface area contributed by atoms with Gasteiger partial charge in [-0.05, 0) is 61.0 Å². The van der Waals surface area contributed by atoms with Gasteiger partial charge in [0.2, 0.25) is 0 Å². The molecule has 0 unspecified atom stereocenters. The van der Waals surface area contributed by atoms with Crippen LogP contribution in [0.1, 0.15) is 5.56 Å².